The first-order chi connectivity index (χ1) is 6.38. The van der Waals surface area contributed by atoms with E-state index in [-0.39, 0.29) is 0 Å². The second-order valence-corrected chi connectivity index (χ2v) is 5.51. The molecular formula is C9H11BrO3S. The predicted molar refractivity (Wildman–Crippen MR) is 58.5 cm³/mol. The summed E-state index contributed by atoms with van der Waals surface area (Å²) >= 11 is 3.30. The molecule has 0 saturated heterocycles. The summed E-state index contributed by atoms with van der Waals surface area (Å²) in [5.74, 6) is 0. The molecule has 1 aromatic rings. The van der Waals surface area contributed by atoms with E-state index in [1.165, 1.54) is 0 Å². The van der Waals surface area contributed by atoms with Crippen LogP contribution < -0.4 is 0 Å². The average molecular weight is 279 g/mol. The standard InChI is InChI=1S/C9H11BrO3S/c1-7(13-14(2,11)12)8-3-5-9(10)6-4-8/h3-7H,1-2H3. The third-order valence-corrected chi connectivity index (χ3v) is 2.83. The number of benzene rings is 1. The molecule has 0 spiro atoms. The van der Waals surface area contributed by atoms with Gasteiger partial charge in [0, 0.05) is 4.47 Å². The molecule has 0 aliphatic heterocycles. The van der Waals surface area contributed by atoms with Gasteiger partial charge >= 0.3 is 0 Å². The molecule has 0 amide bonds. The molecule has 0 radical (unpaired) electrons. The maximum absolute atomic E-state index is 10.9. The molecule has 78 valence electrons. The zero-order valence-corrected chi connectivity index (χ0v) is 10.3. The maximum Gasteiger partial charge on any atom is 0.264 e. The lowest BCUT2D eigenvalue weighted by Gasteiger charge is -2.10. The summed E-state index contributed by atoms with van der Waals surface area (Å²) in [6.45, 7) is 1.70. The lowest BCUT2D eigenvalue weighted by atomic mass is 10.1. The summed E-state index contributed by atoms with van der Waals surface area (Å²) in [5, 5.41) is 0. The van der Waals surface area contributed by atoms with E-state index < -0.39 is 16.2 Å². The smallest absolute Gasteiger partial charge is 0.262 e. The van der Waals surface area contributed by atoms with Crippen LogP contribution in [0.4, 0.5) is 0 Å². The zero-order chi connectivity index (χ0) is 10.8. The summed E-state index contributed by atoms with van der Waals surface area (Å²) in [5.41, 5.74) is 0.832. The third-order valence-electron chi connectivity index (χ3n) is 1.66. The van der Waals surface area contributed by atoms with Gasteiger partial charge in [0.15, 0.2) is 0 Å². The van der Waals surface area contributed by atoms with Crippen molar-refractivity contribution in [1.29, 1.82) is 0 Å². The van der Waals surface area contributed by atoms with Crippen LogP contribution in [-0.4, -0.2) is 14.7 Å². The lowest BCUT2D eigenvalue weighted by Crippen LogP contribution is -2.07. The van der Waals surface area contributed by atoms with Gasteiger partial charge in [0.05, 0.1) is 12.4 Å². The Balaban J connectivity index is 2.80. The molecule has 14 heavy (non-hydrogen) atoms. The van der Waals surface area contributed by atoms with Crippen molar-refractivity contribution in [2.75, 3.05) is 6.26 Å². The van der Waals surface area contributed by atoms with E-state index in [0.29, 0.717) is 0 Å². The zero-order valence-electron chi connectivity index (χ0n) is 7.90. The van der Waals surface area contributed by atoms with Crippen molar-refractivity contribution in [3.8, 4) is 0 Å². The molecule has 0 aliphatic carbocycles. The van der Waals surface area contributed by atoms with Crippen molar-refractivity contribution in [2.24, 2.45) is 0 Å². The quantitative estimate of drug-likeness (QED) is 0.798. The van der Waals surface area contributed by atoms with E-state index >= 15 is 0 Å². The fourth-order valence-electron chi connectivity index (χ4n) is 1.05. The summed E-state index contributed by atoms with van der Waals surface area (Å²) in [4.78, 5) is 0. The van der Waals surface area contributed by atoms with Crippen molar-refractivity contribution in [1.82, 2.24) is 0 Å². The lowest BCUT2D eigenvalue weighted by molar-refractivity contribution is 0.236. The van der Waals surface area contributed by atoms with Crippen LogP contribution in [0.15, 0.2) is 28.7 Å². The van der Waals surface area contributed by atoms with Gasteiger partial charge in [-0.05, 0) is 24.6 Å². The Kier molecular flexibility index (Phi) is 3.69. The van der Waals surface area contributed by atoms with Gasteiger partial charge in [-0.3, -0.25) is 4.18 Å². The molecule has 1 aromatic carbocycles. The van der Waals surface area contributed by atoms with Gasteiger partial charge in [0.2, 0.25) is 0 Å². The largest absolute Gasteiger partial charge is 0.264 e. The molecule has 0 aromatic heterocycles. The van der Waals surface area contributed by atoms with Crippen LogP contribution in [0.1, 0.15) is 18.6 Å². The summed E-state index contributed by atoms with van der Waals surface area (Å²) < 4.78 is 27.5. The van der Waals surface area contributed by atoms with Crippen LogP contribution in [0.25, 0.3) is 0 Å². The topological polar surface area (TPSA) is 43.4 Å². The molecule has 0 saturated carbocycles. The molecule has 3 nitrogen and oxygen atoms in total. The Hall–Kier alpha value is -0.390. The minimum atomic E-state index is -3.39. The van der Waals surface area contributed by atoms with Crippen LogP contribution in [0.5, 0.6) is 0 Å². The Morgan fingerprint density at radius 3 is 2.21 bits per heavy atom. The van der Waals surface area contributed by atoms with Gasteiger partial charge in [-0.1, -0.05) is 28.1 Å². The molecular weight excluding hydrogens is 268 g/mol. The summed E-state index contributed by atoms with van der Waals surface area (Å²) in [6, 6.07) is 7.33. The van der Waals surface area contributed by atoms with Crippen molar-refractivity contribution in [2.45, 2.75) is 13.0 Å². The highest BCUT2D eigenvalue weighted by atomic mass is 79.9. The SMILES string of the molecule is CC(OS(C)(=O)=O)c1ccc(Br)cc1. The van der Waals surface area contributed by atoms with Gasteiger partial charge < -0.3 is 0 Å². The van der Waals surface area contributed by atoms with E-state index in [0.717, 1.165) is 16.3 Å². The van der Waals surface area contributed by atoms with E-state index in [9.17, 15) is 8.42 Å². The van der Waals surface area contributed by atoms with Gasteiger partial charge in [-0.2, -0.15) is 8.42 Å². The Morgan fingerprint density at radius 2 is 1.79 bits per heavy atom. The molecule has 0 N–H and O–H groups in total. The highest BCUT2D eigenvalue weighted by molar-refractivity contribution is 9.10. The van der Waals surface area contributed by atoms with E-state index in [1.54, 1.807) is 6.92 Å². The van der Waals surface area contributed by atoms with Crippen LogP contribution in [-0.2, 0) is 14.3 Å². The average Bonchev–Trinajstić information content (AvgIpc) is 2.02. The molecule has 5 heteroatoms. The molecule has 0 aliphatic rings. The third kappa shape index (κ3) is 3.77. The molecule has 0 fully saturated rings. The fourth-order valence-corrected chi connectivity index (χ4v) is 1.95. The maximum atomic E-state index is 10.9. The second kappa shape index (κ2) is 4.42. The molecule has 0 heterocycles. The number of halogens is 1. The minimum Gasteiger partial charge on any atom is -0.262 e. The van der Waals surface area contributed by atoms with Crippen molar-refractivity contribution in [3.63, 3.8) is 0 Å². The van der Waals surface area contributed by atoms with Crippen LogP contribution >= 0.6 is 15.9 Å². The van der Waals surface area contributed by atoms with E-state index in [1.807, 2.05) is 24.3 Å². The molecule has 0 bridgehead atoms. The number of hydrogen-bond acceptors (Lipinski definition) is 3. The minimum absolute atomic E-state index is 0.446. The van der Waals surface area contributed by atoms with Gasteiger partial charge in [-0.15, -0.1) is 0 Å². The fraction of sp³-hybridized carbons (Fsp3) is 0.333. The van der Waals surface area contributed by atoms with Crippen LogP contribution in [0, 0.1) is 0 Å². The highest BCUT2D eigenvalue weighted by Gasteiger charge is 2.11. The second-order valence-electron chi connectivity index (χ2n) is 2.99. The molecule has 1 unspecified atom stereocenters. The highest BCUT2D eigenvalue weighted by Crippen LogP contribution is 2.20. The van der Waals surface area contributed by atoms with Crippen LogP contribution in [0.2, 0.25) is 0 Å². The van der Waals surface area contributed by atoms with E-state index in [4.69, 9.17) is 4.18 Å². The number of rotatable bonds is 3. The van der Waals surface area contributed by atoms with Crippen molar-refractivity contribution >= 4 is 26.0 Å². The van der Waals surface area contributed by atoms with E-state index in [2.05, 4.69) is 15.9 Å². The van der Waals surface area contributed by atoms with Crippen LogP contribution in [0.3, 0.4) is 0 Å². The van der Waals surface area contributed by atoms with Gasteiger partial charge in [-0.25, -0.2) is 0 Å². The number of hydrogen-bond donors (Lipinski definition) is 0. The first kappa shape index (κ1) is 11.7. The first-order valence-electron chi connectivity index (χ1n) is 4.02. The Morgan fingerprint density at radius 1 is 1.29 bits per heavy atom. The molecule has 1 rings (SSSR count). The summed E-state index contributed by atoms with van der Waals surface area (Å²) in [7, 11) is -3.39. The van der Waals surface area contributed by atoms with Gasteiger partial charge in [0.1, 0.15) is 0 Å². The first-order valence-corrected chi connectivity index (χ1v) is 6.63. The monoisotopic (exact) mass is 278 g/mol. The predicted octanol–water partition coefficient (Wildman–Crippen LogP) is 2.49. The normalized spacial score (nSPS) is 13.9. The van der Waals surface area contributed by atoms with Gasteiger partial charge in [0.25, 0.3) is 10.1 Å². The Bertz CT molecular complexity index is 397. The summed E-state index contributed by atoms with van der Waals surface area (Å²) in [6.07, 6.45) is 0.598. The van der Waals surface area contributed by atoms with Crippen molar-refractivity contribution in [3.05, 3.63) is 34.3 Å². The molecule has 1 atom stereocenters. The van der Waals surface area contributed by atoms with Crippen molar-refractivity contribution < 1.29 is 12.6 Å². The Labute approximate surface area is 92.3 Å².